The third kappa shape index (κ3) is 6.24. The van der Waals surface area contributed by atoms with E-state index in [2.05, 4.69) is 62.4 Å². The van der Waals surface area contributed by atoms with Crippen LogP contribution in [0.5, 0.6) is 0 Å². The van der Waals surface area contributed by atoms with Crippen LogP contribution in [0.4, 0.5) is 0 Å². The second-order valence-corrected chi connectivity index (χ2v) is 10.6. The van der Waals surface area contributed by atoms with Crippen molar-refractivity contribution in [3.63, 3.8) is 0 Å². The first kappa shape index (κ1) is 22.6. The predicted molar refractivity (Wildman–Crippen MR) is 137 cm³/mol. The number of rotatable bonds is 8. The smallest absolute Gasteiger partial charge is 0.0162 e. The minimum Gasteiger partial charge on any atom is -0.0883 e. The van der Waals surface area contributed by atoms with Crippen molar-refractivity contribution < 1.29 is 0 Å². The summed E-state index contributed by atoms with van der Waals surface area (Å²) in [4.78, 5) is 0. The summed E-state index contributed by atoms with van der Waals surface area (Å²) in [5, 5.41) is 2.84. The molecule has 4 rings (SSSR count). The topological polar surface area (TPSA) is 0 Å². The molecule has 2 saturated carbocycles. The molecule has 31 heavy (non-hydrogen) atoms. The van der Waals surface area contributed by atoms with Crippen LogP contribution in [0.15, 0.2) is 48.6 Å². The SMILES string of the molecule is CCC/C=C/C1CCC(CCC2CCC(c3ccc4cc(CC)ccc4c3)CC2)CC1. The number of fused-ring (bicyclic) bond motifs is 1. The molecule has 0 radical (unpaired) electrons. The van der Waals surface area contributed by atoms with Crippen LogP contribution >= 0.6 is 0 Å². The highest BCUT2D eigenvalue weighted by molar-refractivity contribution is 5.84. The van der Waals surface area contributed by atoms with Crippen LogP contribution in [0.3, 0.4) is 0 Å². The second kappa shape index (κ2) is 11.3. The van der Waals surface area contributed by atoms with Gasteiger partial charge in [0, 0.05) is 0 Å². The van der Waals surface area contributed by atoms with Crippen molar-refractivity contribution in [1.29, 1.82) is 0 Å². The minimum atomic E-state index is 0.789. The molecule has 0 heterocycles. The van der Waals surface area contributed by atoms with E-state index in [4.69, 9.17) is 0 Å². The van der Waals surface area contributed by atoms with Crippen molar-refractivity contribution in [1.82, 2.24) is 0 Å². The summed E-state index contributed by atoms with van der Waals surface area (Å²) in [6.07, 6.45) is 23.2. The summed E-state index contributed by atoms with van der Waals surface area (Å²) >= 11 is 0. The number of hydrogen-bond acceptors (Lipinski definition) is 0. The molecule has 0 saturated heterocycles. The van der Waals surface area contributed by atoms with Gasteiger partial charge in [-0.2, -0.15) is 0 Å². The number of allylic oxidation sites excluding steroid dienone is 2. The van der Waals surface area contributed by atoms with Crippen LogP contribution in [0.2, 0.25) is 0 Å². The second-order valence-electron chi connectivity index (χ2n) is 10.6. The minimum absolute atomic E-state index is 0.789. The Morgan fingerprint density at radius 1 is 0.742 bits per heavy atom. The van der Waals surface area contributed by atoms with E-state index in [1.807, 2.05) is 0 Å². The van der Waals surface area contributed by atoms with Gasteiger partial charge in [-0.15, -0.1) is 0 Å². The molecular formula is C31H44. The van der Waals surface area contributed by atoms with Gasteiger partial charge < -0.3 is 0 Å². The van der Waals surface area contributed by atoms with Crippen LogP contribution in [0.25, 0.3) is 10.8 Å². The van der Waals surface area contributed by atoms with E-state index in [-0.39, 0.29) is 0 Å². The van der Waals surface area contributed by atoms with E-state index >= 15 is 0 Å². The van der Waals surface area contributed by atoms with Gasteiger partial charge in [0.1, 0.15) is 0 Å². The van der Waals surface area contributed by atoms with E-state index in [0.29, 0.717) is 0 Å². The quantitative estimate of drug-likeness (QED) is 0.376. The van der Waals surface area contributed by atoms with Gasteiger partial charge in [-0.1, -0.05) is 81.7 Å². The fourth-order valence-electron chi connectivity index (χ4n) is 6.17. The first-order chi connectivity index (χ1) is 15.2. The standard InChI is InChI=1S/C31H44/c1-3-5-6-7-25-8-10-26(11-9-25)12-13-27-15-17-28(18-16-27)30-21-20-29-22-24(4-2)14-19-31(29)23-30/h6-7,14,19-23,25-28H,3-5,8-13,15-18H2,1-2H3/b7-6+. The largest absolute Gasteiger partial charge is 0.0883 e. The monoisotopic (exact) mass is 416 g/mol. The molecule has 2 aromatic rings. The van der Waals surface area contributed by atoms with Gasteiger partial charge in [-0.25, -0.2) is 0 Å². The predicted octanol–water partition coefficient (Wildman–Crippen LogP) is 9.62. The number of benzene rings is 2. The first-order valence-corrected chi connectivity index (χ1v) is 13.4. The number of aryl methyl sites for hydroxylation is 1. The van der Waals surface area contributed by atoms with Crippen molar-refractivity contribution >= 4 is 10.8 Å². The van der Waals surface area contributed by atoms with Gasteiger partial charge in [0.05, 0.1) is 0 Å². The highest BCUT2D eigenvalue weighted by Gasteiger charge is 2.25. The maximum absolute atomic E-state index is 2.52. The fraction of sp³-hybridized carbons (Fsp3) is 0.613. The third-order valence-electron chi connectivity index (χ3n) is 8.39. The Morgan fingerprint density at radius 3 is 2.06 bits per heavy atom. The lowest BCUT2D eigenvalue weighted by Gasteiger charge is -2.31. The Hall–Kier alpha value is -1.56. The van der Waals surface area contributed by atoms with Crippen LogP contribution in [-0.2, 0) is 6.42 Å². The molecule has 2 fully saturated rings. The van der Waals surface area contributed by atoms with Crippen LogP contribution in [-0.4, -0.2) is 0 Å². The van der Waals surface area contributed by atoms with Crippen molar-refractivity contribution in [2.45, 2.75) is 103 Å². The number of unbranched alkanes of at least 4 members (excludes halogenated alkanes) is 1. The molecule has 0 spiro atoms. The molecule has 0 amide bonds. The van der Waals surface area contributed by atoms with Crippen molar-refractivity contribution in [2.24, 2.45) is 17.8 Å². The van der Waals surface area contributed by atoms with Gasteiger partial charge in [-0.05, 0) is 110 Å². The van der Waals surface area contributed by atoms with Crippen molar-refractivity contribution in [2.75, 3.05) is 0 Å². The molecule has 0 bridgehead atoms. The molecule has 0 heteroatoms. The Balaban J connectivity index is 1.20. The van der Waals surface area contributed by atoms with E-state index in [9.17, 15) is 0 Å². The lowest BCUT2D eigenvalue weighted by molar-refractivity contribution is 0.246. The van der Waals surface area contributed by atoms with Gasteiger partial charge >= 0.3 is 0 Å². The highest BCUT2D eigenvalue weighted by atomic mass is 14.3. The normalized spacial score (nSPS) is 27.2. The molecular weight excluding hydrogens is 372 g/mol. The molecule has 0 nitrogen and oxygen atoms in total. The Morgan fingerprint density at radius 2 is 1.39 bits per heavy atom. The molecule has 0 aliphatic heterocycles. The average molecular weight is 417 g/mol. The van der Waals surface area contributed by atoms with Crippen molar-refractivity contribution in [3.05, 3.63) is 59.7 Å². The first-order valence-electron chi connectivity index (χ1n) is 13.4. The van der Waals surface area contributed by atoms with E-state index in [1.54, 1.807) is 5.56 Å². The molecule has 2 aliphatic rings. The lowest BCUT2D eigenvalue weighted by atomic mass is 9.74. The summed E-state index contributed by atoms with van der Waals surface area (Å²) in [5.41, 5.74) is 3.03. The summed E-state index contributed by atoms with van der Waals surface area (Å²) in [7, 11) is 0. The maximum atomic E-state index is 2.52. The third-order valence-corrected chi connectivity index (χ3v) is 8.39. The zero-order chi connectivity index (χ0) is 21.5. The highest BCUT2D eigenvalue weighted by Crippen LogP contribution is 2.40. The summed E-state index contributed by atoms with van der Waals surface area (Å²) in [6.45, 7) is 4.52. The van der Waals surface area contributed by atoms with Gasteiger partial charge in [0.15, 0.2) is 0 Å². The number of hydrogen-bond donors (Lipinski definition) is 0. The van der Waals surface area contributed by atoms with Crippen molar-refractivity contribution in [3.8, 4) is 0 Å². The van der Waals surface area contributed by atoms with Gasteiger partial charge in [0.25, 0.3) is 0 Å². The van der Waals surface area contributed by atoms with E-state index in [1.165, 1.54) is 93.4 Å². The van der Waals surface area contributed by atoms with Gasteiger partial charge in [0.2, 0.25) is 0 Å². The lowest BCUT2D eigenvalue weighted by Crippen LogP contribution is -2.17. The van der Waals surface area contributed by atoms with Crippen LogP contribution in [0.1, 0.15) is 108 Å². The Labute approximate surface area is 191 Å². The fourth-order valence-corrected chi connectivity index (χ4v) is 6.17. The Bertz CT molecular complexity index is 828. The maximum Gasteiger partial charge on any atom is -0.0162 e. The molecule has 0 unspecified atom stereocenters. The molecule has 168 valence electrons. The summed E-state index contributed by atoms with van der Waals surface area (Å²) in [6, 6.07) is 14.3. The average Bonchev–Trinajstić information content (AvgIpc) is 2.83. The Kier molecular flexibility index (Phi) is 8.28. The van der Waals surface area contributed by atoms with E-state index < -0.39 is 0 Å². The molecule has 0 aromatic heterocycles. The summed E-state index contributed by atoms with van der Waals surface area (Å²) < 4.78 is 0. The molecule has 2 aromatic carbocycles. The molecule has 0 atom stereocenters. The van der Waals surface area contributed by atoms with Crippen LogP contribution < -0.4 is 0 Å². The zero-order valence-electron chi connectivity index (χ0n) is 20.1. The summed E-state index contributed by atoms with van der Waals surface area (Å²) in [5.74, 6) is 3.68. The van der Waals surface area contributed by atoms with Gasteiger partial charge in [-0.3, -0.25) is 0 Å². The zero-order valence-corrected chi connectivity index (χ0v) is 20.1. The van der Waals surface area contributed by atoms with E-state index in [0.717, 1.165) is 30.1 Å². The molecule has 0 N–H and O–H groups in total. The molecule has 2 aliphatic carbocycles. The van der Waals surface area contributed by atoms with Crippen LogP contribution in [0, 0.1) is 17.8 Å².